The molecular weight excluding hydrogens is 400 g/mol. The predicted molar refractivity (Wildman–Crippen MR) is 130 cm³/mol. The van der Waals surface area contributed by atoms with E-state index in [1.807, 2.05) is 40.1 Å². The summed E-state index contributed by atoms with van der Waals surface area (Å²) >= 11 is 0. The number of hydrogen-bond acceptors (Lipinski definition) is 6. The third kappa shape index (κ3) is 8.56. The molecule has 3 heterocycles. The summed E-state index contributed by atoms with van der Waals surface area (Å²) in [7, 11) is 0. The smallest absolute Gasteiger partial charge is 0.306 e. The Morgan fingerprint density at radius 2 is 1.88 bits per heavy atom. The molecule has 2 aromatic rings. The maximum Gasteiger partial charge on any atom is 0.306 e. The number of ether oxygens (including phenoxy) is 1. The third-order valence-corrected chi connectivity index (χ3v) is 5.68. The molecule has 1 aliphatic heterocycles. The average molecular weight is 441 g/mol. The molecule has 1 unspecified atom stereocenters. The number of fused-ring (bicyclic) bond motifs is 1. The zero-order valence-electron chi connectivity index (χ0n) is 20.3. The van der Waals surface area contributed by atoms with Crippen LogP contribution in [0.4, 0.5) is 5.82 Å². The summed E-state index contributed by atoms with van der Waals surface area (Å²) in [5.74, 6) is 1.81. The van der Waals surface area contributed by atoms with Gasteiger partial charge in [0.15, 0.2) is 0 Å². The number of hydrogen-bond donors (Lipinski definition) is 1. The Kier molecular flexibility index (Phi) is 11.7. The van der Waals surface area contributed by atoms with E-state index in [1.54, 1.807) is 0 Å². The van der Waals surface area contributed by atoms with E-state index >= 15 is 0 Å². The van der Waals surface area contributed by atoms with E-state index in [0.29, 0.717) is 13.0 Å². The zero-order valence-corrected chi connectivity index (χ0v) is 20.3. The minimum atomic E-state index is -0.143. The van der Waals surface area contributed by atoms with Gasteiger partial charge >= 0.3 is 5.97 Å². The van der Waals surface area contributed by atoms with Gasteiger partial charge in [-0.1, -0.05) is 39.2 Å². The van der Waals surface area contributed by atoms with E-state index in [4.69, 9.17) is 9.72 Å². The number of aromatic nitrogens is 3. The number of rotatable bonds is 11. The maximum absolute atomic E-state index is 12.0. The van der Waals surface area contributed by atoms with E-state index in [1.165, 1.54) is 24.1 Å². The number of pyridine rings is 1. The van der Waals surface area contributed by atoms with Crippen molar-refractivity contribution in [1.29, 1.82) is 0 Å². The average Bonchev–Trinajstić information content (AvgIpc) is 2.82. The van der Waals surface area contributed by atoms with E-state index < -0.39 is 0 Å². The normalized spacial score (nSPS) is 13.2. The van der Waals surface area contributed by atoms with Crippen LogP contribution in [0.2, 0.25) is 0 Å². The number of carbonyl (C=O) groups is 1. The van der Waals surface area contributed by atoms with Crippen molar-refractivity contribution >= 4 is 11.8 Å². The summed E-state index contributed by atoms with van der Waals surface area (Å²) in [5, 5.41) is 3.41. The number of anilines is 1. The lowest BCUT2D eigenvalue weighted by molar-refractivity contribution is -0.143. The van der Waals surface area contributed by atoms with Gasteiger partial charge in [0.2, 0.25) is 0 Å². The van der Waals surface area contributed by atoms with Crippen LogP contribution in [0.5, 0.6) is 0 Å². The maximum atomic E-state index is 12.0. The minimum Gasteiger partial charge on any atom is -0.466 e. The number of nitrogens with one attached hydrogen (secondary N) is 1. The van der Waals surface area contributed by atoms with Gasteiger partial charge in [0, 0.05) is 24.6 Å². The molecule has 6 heteroatoms. The molecule has 32 heavy (non-hydrogen) atoms. The topological polar surface area (TPSA) is 77.0 Å². The van der Waals surface area contributed by atoms with Gasteiger partial charge in [-0.3, -0.25) is 4.79 Å². The number of unbranched alkanes of at least 4 members (excludes halogenated alkanes) is 3. The Hall–Kier alpha value is -2.50. The summed E-state index contributed by atoms with van der Waals surface area (Å²) in [5.41, 5.74) is 3.55. The van der Waals surface area contributed by atoms with Gasteiger partial charge in [-0.25, -0.2) is 15.0 Å². The Bertz CT molecular complexity index is 808. The van der Waals surface area contributed by atoms with E-state index in [0.717, 1.165) is 62.3 Å². The molecule has 0 fully saturated rings. The van der Waals surface area contributed by atoms with Crippen LogP contribution in [0.25, 0.3) is 0 Å². The van der Waals surface area contributed by atoms with E-state index in [-0.39, 0.29) is 11.9 Å². The standard InChI is InChI=1S/C24H34N4O2.C2H6/c1-3-30-23(29)15-20(21-16-26-18(2)27-17-21)9-6-4-5-7-11-22-13-12-19-10-8-14-25-24(19)28-22;1-2/h12-13,16-17,20H,3-11,14-15H2,1-2H3,(H,25,28);1-2H3. The Balaban J connectivity index is 0.00000176. The van der Waals surface area contributed by atoms with Gasteiger partial charge < -0.3 is 10.1 Å². The molecule has 0 amide bonds. The molecule has 176 valence electrons. The molecule has 1 N–H and O–H groups in total. The SMILES string of the molecule is CC.CCOC(=O)CC(CCCCCCc1ccc2c(n1)NCCC2)c1cnc(C)nc1. The van der Waals surface area contributed by atoms with E-state index in [9.17, 15) is 4.79 Å². The van der Waals surface area contributed by atoms with Crippen LogP contribution in [-0.2, 0) is 22.4 Å². The first-order valence-electron chi connectivity index (χ1n) is 12.3. The summed E-state index contributed by atoms with van der Waals surface area (Å²) in [6.45, 7) is 9.16. The molecule has 1 aliphatic rings. The Morgan fingerprint density at radius 3 is 2.62 bits per heavy atom. The van der Waals surface area contributed by atoms with Crippen LogP contribution in [0, 0.1) is 6.92 Å². The van der Waals surface area contributed by atoms with Crippen LogP contribution in [-0.4, -0.2) is 34.1 Å². The van der Waals surface area contributed by atoms with Gasteiger partial charge in [-0.15, -0.1) is 0 Å². The van der Waals surface area contributed by atoms with Crippen molar-refractivity contribution < 1.29 is 9.53 Å². The number of aryl methyl sites for hydroxylation is 3. The Labute approximate surface area is 193 Å². The number of esters is 1. The van der Waals surface area contributed by atoms with Crippen molar-refractivity contribution in [1.82, 2.24) is 15.0 Å². The summed E-state index contributed by atoms with van der Waals surface area (Å²) in [4.78, 5) is 25.4. The molecule has 1 atom stereocenters. The largest absolute Gasteiger partial charge is 0.466 e. The lowest BCUT2D eigenvalue weighted by Crippen LogP contribution is -2.14. The molecule has 2 aromatic heterocycles. The molecule has 0 radical (unpaired) electrons. The van der Waals surface area contributed by atoms with Crippen LogP contribution < -0.4 is 5.32 Å². The van der Waals surface area contributed by atoms with Crippen LogP contribution in [0.1, 0.15) is 94.3 Å². The van der Waals surface area contributed by atoms with Gasteiger partial charge in [-0.05, 0) is 69.1 Å². The van der Waals surface area contributed by atoms with Gasteiger partial charge in [0.05, 0.1) is 13.0 Å². The molecule has 0 spiro atoms. The van der Waals surface area contributed by atoms with Crippen molar-refractivity contribution in [3.8, 4) is 0 Å². The molecule has 0 aromatic carbocycles. The fourth-order valence-corrected chi connectivity index (χ4v) is 3.98. The summed E-state index contributed by atoms with van der Waals surface area (Å²) in [6.07, 6.45) is 12.9. The Morgan fingerprint density at radius 1 is 1.12 bits per heavy atom. The van der Waals surface area contributed by atoms with Crippen molar-refractivity contribution in [2.75, 3.05) is 18.5 Å². The quantitative estimate of drug-likeness (QED) is 0.352. The molecular formula is C26H40N4O2. The summed E-state index contributed by atoms with van der Waals surface area (Å²) in [6, 6.07) is 4.41. The lowest BCUT2D eigenvalue weighted by atomic mass is 9.92. The second kappa shape index (κ2) is 14.5. The van der Waals surface area contributed by atoms with Crippen LogP contribution >= 0.6 is 0 Å². The second-order valence-corrected chi connectivity index (χ2v) is 8.06. The third-order valence-electron chi connectivity index (χ3n) is 5.68. The van der Waals surface area contributed by atoms with Gasteiger partial charge in [0.25, 0.3) is 0 Å². The first-order valence-corrected chi connectivity index (χ1v) is 12.3. The number of nitrogens with zero attached hydrogens (tertiary/aromatic N) is 3. The first kappa shape index (κ1) is 25.8. The monoisotopic (exact) mass is 440 g/mol. The molecule has 3 rings (SSSR count). The first-order chi connectivity index (χ1) is 15.7. The highest BCUT2D eigenvalue weighted by Gasteiger charge is 2.17. The number of carbonyl (C=O) groups excluding carboxylic acids is 1. The molecule has 0 bridgehead atoms. The van der Waals surface area contributed by atoms with E-state index in [2.05, 4.69) is 27.4 Å². The van der Waals surface area contributed by atoms with Crippen molar-refractivity contribution in [3.63, 3.8) is 0 Å². The highest BCUT2D eigenvalue weighted by molar-refractivity contribution is 5.70. The predicted octanol–water partition coefficient (Wildman–Crippen LogP) is 5.79. The second-order valence-electron chi connectivity index (χ2n) is 8.06. The van der Waals surface area contributed by atoms with Gasteiger partial charge in [-0.2, -0.15) is 0 Å². The minimum absolute atomic E-state index is 0.123. The highest BCUT2D eigenvalue weighted by Crippen LogP contribution is 2.26. The van der Waals surface area contributed by atoms with Crippen molar-refractivity contribution in [3.05, 3.63) is 47.2 Å². The molecule has 0 saturated heterocycles. The van der Waals surface area contributed by atoms with Crippen molar-refractivity contribution in [2.45, 2.75) is 91.4 Å². The van der Waals surface area contributed by atoms with Crippen LogP contribution in [0.3, 0.4) is 0 Å². The zero-order chi connectivity index (χ0) is 23.2. The molecule has 0 aliphatic carbocycles. The van der Waals surface area contributed by atoms with Crippen LogP contribution in [0.15, 0.2) is 24.5 Å². The highest BCUT2D eigenvalue weighted by atomic mass is 16.5. The lowest BCUT2D eigenvalue weighted by Gasteiger charge is -2.17. The molecule has 6 nitrogen and oxygen atoms in total. The summed E-state index contributed by atoms with van der Waals surface area (Å²) < 4.78 is 5.16. The fourth-order valence-electron chi connectivity index (χ4n) is 3.98. The van der Waals surface area contributed by atoms with Crippen molar-refractivity contribution in [2.24, 2.45) is 0 Å². The molecule has 0 saturated carbocycles. The van der Waals surface area contributed by atoms with Gasteiger partial charge in [0.1, 0.15) is 11.6 Å². The fraction of sp³-hybridized carbons (Fsp3) is 0.615.